The Hall–Kier alpha value is -11.6. The molecule has 0 radical (unpaired) electrons. The van der Waals surface area contributed by atoms with E-state index in [1.54, 1.807) is 118 Å². The Bertz CT molecular complexity index is 6170. The number of halogens is 6. The third kappa shape index (κ3) is 23.3. The number of hydroxylamine groups is 4. The van der Waals surface area contributed by atoms with E-state index in [4.69, 9.17) is 44.9 Å². The molecule has 8 atom stereocenters. The minimum atomic E-state index is -4.55. The van der Waals surface area contributed by atoms with Crippen molar-refractivity contribution in [2.24, 2.45) is 20.6 Å². The number of nitrogens with zero attached hydrogens (tertiary/aromatic N) is 6. The van der Waals surface area contributed by atoms with Crippen LogP contribution in [-0.2, 0) is 89.7 Å². The molecule has 4 aliphatic heterocycles. The predicted octanol–water partition coefficient (Wildman–Crippen LogP) is 12.1. The Balaban J connectivity index is 0.000000194. The molecule has 6 heterocycles. The summed E-state index contributed by atoms with van der Waals surface area (Å²) in [5.41, 5.74) is 13.6. The largest absolute Gasteiger partial charge is 0.497 e. The van der Waals surface area contributed by atoms with Crippen LogP contribution < -0.4 is 26.7 Å². The molecule has 694 valence electrons. The molecule has 8 aromatic rings. The van der Waals surface area contributed by atoms with E-state index in [1.165, 1.54) is 92.2 Å². The van der Waals surface area contributed by atoms with Crippen LogP contribution in [0, 0.1) is 24.4 Å². The van der Waals surface area contributed by atoms with Crippen LogP contribution in [0.25, 0.3) is 44.5 Å². The zero-order valence-corrected chi connectivity index (χ0v) is 75.6. The number of alkyl halides is 3. The van der Waals surface area contributed by atoms with E-state index in [1.807, 2.05) is 32.9 Å². The van der Waals surface area contributed by atoms with Crippen molar-refractivity contribution < 1.29 is 129 Å². The van der Waals surface area contributed by atoms with Crippen LogP contribution in [0.3, 0.4) is 0 Å². The summed E-state index contributed by atoms with van der Waals surface area (Å²) in [6, 6.07) is 37.4. The Morgan fingerprint density at radius 2 is 0.760 bits per heavy atom. The van der Waals surface area contributed by atoms with Gasteiger partial charge in [0, 0.05) is 134 Å². The number of nitrogens with one attached hydrogen (secondary N) is 4. The fourth-order valence-electron chi connectivity index (χ4n) is 14.2. The highest BCUT2D eigenvalue weighted by Gasteiger charge is 2.51. The Labute approximate surface area is 740 Å². The van der Waals surface area contributed by atoms with Gasteiger partial charge in [-0.1, -0.05) is 125 Å². The lowest BCUT2D eigenvalue weighted by Crippen LogP contribution is -2.51. The molecule has 6 aromatic carbocycles. The number of aliphatic hydroxyl groups is 1. The minimum Gasteiger partial charge on any atom is -0.497 e. The van der Waals surface area contributed by atoms with Crippen molar-refractivity contribution in [1.29, 1.82) is 0 Å². The van der Waals surface area contributed by atoms with E-state index in [-0.39, 0.29) is 62.8 Å². The summed E-state index contributed by atoms with van der Waals surface area (Å²) in [6.07, 6.45) is -0.409. The van der Waals surface area contributed by atoms with Crippen LogP contribution >= 0.6 is 0 Å². The molecule has 0 fully saturated rings. The molecule has 9 N–H and O–H groups in total. The van der Waals surface area contributed by atoms with Crippen molar-refractivity contribution in [1.82, 2.24) is 31.9 Å². The molecule has 0 aliphatic carbocycles. The maximum Gasteiger partial charge on any atom is 0.418 e. The number of pyridine rings is 2. The molecule has 0 unspecified atom stereocenters. The standard InChI is InChI=1S/C23H27FN2O6S.C22H26FN3O5S.C22H25FN2O6S.C20H20F3N3O5S/c1-22(2,28)16-8-5-14(6-9-16)18-10-7-15(11-19(18)24)20-12-17(32-26-20)13-23(3,21(27)25-29)33(4,30)31;1-13(2)19-10-14(7-8-24-19)17-6-5-15(9-18(17)23)20-11-16(31-26-20)12-22(3,21(27)25-28)32(4,29)30;1-13-9-15(30-3)6-8-17(13)18-7-5-14(10-19(18)23)20-11-16(31-25-20)12-22(2,21(26)24-27)32(4,28)29;1-19(18(27)25-28,32(2,29)30)10-14-9-17(26-31-14)13-5-3-12(4-6-13)15-7-8-24-11-16(15)20(21,22)23/h5-11,17,28-29H,12-13H2,1-4H3,(H,25,27);5-10,13,16,28H,11-12H2,1-4H3,(H,25,27);5-10,16,27H,11-12H2,1-4H3,(H,24,26);3-8,11,14,28H,9-10H2,1-2H3,(H,25,27)/t17-,23-;2*16-,22-;14-,19-/m1111/s1. The number of rotatable bonds is 27. The first-order valence-electron chi connectivity index (χ1n) is 39.5. The summed E-state index contributed by atoms with van der Waals surface area (Å²) in [4.78, 5) is 77.1. The number of carbonyl (C=O) groups is 4. The molecular formula is C87H98F6N10O22S4. The number of sulfone groups is 4. The number of methoxy groups -OCH3 is 1. The van der Waals surface area contributed by atoms with Crippen LogP contribution in [-0.4, -0.2) is 192 Å². The number of oxime groups is 4. The van der Waals surface area contributed by atoms with Gasteiger partial charge in [0.05, 0.1) is 41.1 Å². The lowest BCUT2D eigenvalue weighted by atomic mass is 9.94. The van der Waals surface area contributed by atoms with Crippen molar-refractivity contribution in [3.05, 3.63) is 220 Å². The highest BCUT2D eigenvalue weighted by Crippen LogP contribution is 2.41. The summed E-state index contributed by atoms with van der Waals surface area (Å²) in [6.45, 7) is 14.0. The number of benzene rings is 6. The molecule has 0 saturated carbocycles. The van der Waals surface area contributed by atoms with Crippen LogP contribution in [0.5, 0.6) is 5.75 Å². The number of hydrogen-bond donors (Lipinski definition) is 9. The first-order chi connectivity index (χ1) is 60.1. The first kappa shape index (κ1) is 101. The maximum atomic E-state index is 14.9. The van der Waals surface area contributed by atoms with Crippen LogP contribution in [0.4, 0.5) is 26.3 Å². The van der Waals surface area contributed by atoms with E-state index in [9.17, 15) is 84.3 Å². The van der Waals surface area contributed by atoms with Crippen LogP contribution in [0.2, 0.25) is 0 Å². The van der Waals surface area contributed by atoms with E-state index in [0.29, 0.717) is 89.8 Å². The number of aromatic nitrogens is 2. The van der Waals surface area contributed by atoms with Gasteiger partial charge < -0.3 is 29.2 Å². The van der Waals surface area contributed by atoms with Crippen LogP contribution in [0.15, 0.2) is 179 Å². The average molecular weight is 1880 g/mol. The summed E-state index contributed by atoms with van der Waals surface area (Å²) >= 11 is 0. The molecule has 32 nitrogen and oxygen atoms in total. The summed E-state index contributed by atoms with van der Waals surface area (Å²) in [5.74, 6) is -4.71. The predicted molar refractivity (Wildman–Crippen MR) is 464 cm³/mol. The van der Waals surface area contributed by atoms with Gasteiger partial charge in [-0.05, 0) is 147 Å². The zero-order valence-electron chi connectivity index (χ0n) is 72.3. The fourth-order valence-corrected chi connectivity index (χ4v) is 17.7. The van der Waals surface area contributed by atoms with E-state index < -0.39 is 141 Å². The van der Waals surface area contributed by atoms with Crippen molar-refractivity contribution in [3.8, 4) is 50.3 Å². The monoisotopic (exact) mass is 1880 g/mol. The Morgan fingerprint density at radius 1 is 0.434 bits per heavy atom. The van der Waals surface area contributed by atoms with Gasteiger partial charge in [-0.3, -0.25) is 50.0 Å². The molecule has 0 bridgehead atoms. The summed E-state index contributed by atoms with van der Waals surface area (Å²) in [5, 5.41) is 61.7. The molecule has 42 heteroatoms. The molecule has 2 aromatic heterocycles. The summed E-state index contributed by atoms with van der Waals surface area (Å²) < 4.78 is 179. The van der Waals surface area contributed by atoms with E-state index in [0.717, 1.165) is 48.0 Å². The van der Waals surface area contributed by atoms with Crippen molar-refractivity contribution >= 4 is 85.8 Å². The SMILES string of the molecule is CC(C)(O)c1ccc(-c2ccc(C3=NO[C@@H](C[C@](C)(C(=O)NO)S(C)(=O)=O)C3)cc2F)cc1.CC(C)c1cc(-c2ccc(C3=NO[C@@H](C[C@](C)(C(=O)NO)S(C)(=O)=O)C3)cc2F)ccn1.COc1ccc(-c2ccc(C3=NO[C@@H](C[C@](C)(C(=O)NO)S(C)(=O)=O)C3)cc2F)c(C)c1.C[C@@](C[C@H]1CC(c2ccc(-c3ccncc3C(F)(F)F)cc2)=NO1)(C(=O)NO)S(C)(=O)=O. The molecule has 4 aliphatic rings. The van der Waals surface area contributed by atoms with Crippen molar-refractivity contribution in [3.63, 3.8) is 0 Å². The quantitative estimate of drug-likeness (QED) is 0.0131. The first-order valence-corrected chi connectivity index (χ1v) is 47.1. The highest BCUT2D eigenvalue weighted by atomic mass is 32.2. The topological polar surface area (TPSA) is 475 Å². The normalized spacial score (nSPS) is 18.2. The number of ether oxygens (including phenoxy) is 1. The highest BCUT2D eigenvalue weighted by molar-refractivity contribution is 7.93. The molecule has 0 saturated heterocycles. The Morgan fingerprint density at radius 3 is 1.09 bits per heavy atom. The zero-order chi connectivity index (χ0) is 95.7. The number of hydrogen-bond acceptors (Lipinski definition) is 28. The van der Waals surface area contributed by atoms with Crippen LogP contribution in [0.1, 0.15) is 157 Å². The van der Waals surface area contributed by atoms with Gasteiger partial charge in [0.25, 0.3) is 23.6 Å². The van der Waals surface area contributed by atoms with Gasteiger partial charge in [0.2, 0.25) is 0 Å². The van der Waals surface area contributed by atoms with Gasteiger partial charge in [-0.25, -0.2) is 68.8 Å². The lowest BCUT2D eigenvalue weighted by Gasteiger charge is -2.26. The molecule has 4 amide bonds. The smallest absolute Gasteiger partial charge is 0.418 e. The second-order valence-corrected chi connectivity index (χ2v) is 42.8. The van der Waals surface area contributed by atoms with Gasteiger partial charge in [0.15, 0.2) is 58.3 Å². The second-order valence-electron chi connectivity index (χ2n) is 33.0. The van der Waals surface area contributed by atoms with Crippen molar-refractivity contribution in [2.45, 2.75) is 175 Å². The maximum absolute atomic E-state index is 14.9. The minimum absolute atomic E-state index is 0.0135. The third-order valence-electron chi connectivity index (χ3n) is 22.9. The third-order valence-corrected chi connectivity index (χ3v) is 30.8. The molecule has 129 heavy (non-hydrogen) atoms. The second kappa shape index (κ2) is 40.2. The Kier molecular flexibility index (Phi) is 31.5. The molecule has 12 rings (SSSR count). The van der Waals surface area contributed by atoms with E-state index in [2.05, 4.69) is 30.6 Å². The fraction of sp³-hybridized carbons (Fsp3) is 0.379. The van der Waals surface area contributed by atoms with Crippen molar-refractivity contribution in [2.75, 3.05) is 32.1 Å². The van der Waals surface area contributed by atoms with Gasteiger partial charge >= 0.3 is 6.18 Å². The van der Waals surface area contributed by atoms with Gasteiger partial charge in [-0.2, -0.15) is 13.2 Å². The number of aryl methyl sites for hydroxylation is 1. The summed E-state index contributed by atoms with van der Waals surface area (Å²) in [7, 11) is -13.9. The van der Waals surface area contributed by atoms with Gasteiger partial charge in [0.1, 0.15) is 47.6 Å². The molecular weight excluding hydrogens is 1780 g/mol. The average Bonchev–Trinajstić information content (AvgIpc) is 1.78. The number of amides is 4. The number of carbonyl (C=O) groups excluding carboxylic acids is 4. The molecule has 0 spiro atoms. The lowest BCUT2D eigenvalue weighted by molar-refractivity contribution is -0.137. The van der Waals surface area contributed by atoms with Gasteiger partial charge in [-0.15, -0.1) is 0 Å². The van der Waals surface area contributed by atoms with E-state index >= 15 is 0 Å².